The Hall–Kier alpha value is 0.467. The maximum absolute atomic E-state index is 6.26. The van der Waals surface area contributed by atoms with Crippen LogP contribution in [0.3, 0.4) is 0 Å². The van der Waals surface area contributed by atoms with Crippen molar-refractivity contribution in [1.29, 1.82) is 0 Å². The van der Waals surface area contributed by atoms with Crippen molar-refractivity contribution in [3.05, 3.63) is 0 Å². The largest absolute Gasteiger partial charge is 0.373 e. The van der Waals surface area contributed by atoms with E-state index in [1.165, 1.54) is 0 Å². The number of hydrogen-bond donors (Lipinski definition) is 0. The third kappa shape index (κ3) is 7.13. The lowest BCUT2D eigenvalue weighted by Gasteiger charge is -2.31. The molecule has 0 bridgehead atoms. The first kappa shape index (κ1) is 12.5. The molecule has 0 aliphatic rings. The minimum Gasteiger partial charge on any atom is -0.373 e. The number of halogens is 1. The van der Waals surface area contributed by atoms with Gasteiger partial charge in [0.15, 0.2) is 7.38 Å². The van der Waals surface area contributed by atoms with Crippen LogP contribution in [0.4, 0.5) is 0 Å². The molecule has 0 aromatic rings. The lowest BCUT2D eigenvalue weighted by Crippen LogP contribution is -2.35. The zero-order chi connectivity index (χ0) is 9.99. The average Bonchev–Trinajstić information content (AvgIpc) is 1.48. The SMILES string of the molecule is CC(C)OC(C)(C)C[Si](C)(C)Cl. The molecule has 0 aliphatic carbocycles. The van der Waals surface area contributed by atoms with E-state index in [4.69, 9.17) is 15.8 Å². The highest BCUT2D eigenvalue weighted by molar-refractivity contribution is 7.19. The number of hydrogen-bond acceptors (Lipinski definition) is 1. The van der Waals surface area contributed by atoms with E-state index in [-0.39, 0.29) is 11.7 Å². The third-order valence-electron chi connectivity index (χ3n) is 1.40. The summed E-state index contributed by atoms with van der Waals surface area (Å²) in [5.74, 6) is 0. The second-order valence-corrected chi connectivity index (χ2v) is 11.7. The maximum atomic E-state index is 6.26. The Bertz CT molecular complexity index is 138. The fourth-order valence-corrected chi connectivity index (χ4v) is 4.77. The van der Waals surface area contributed by atoms with Crippen LogP contribution in [0.25, 0.3) is 0 Å². The van der Waals surface area contributed by atoms with Gasteiger partial charge in [0.05, 0.1) is 11.7 Å². The van der Waals surface area contributed by atoms with Crippen molar-refractivity contribution < 1.29 is 4.74 Å². The van der Waals surface area contributed by atoms with Crippen molar-refractivity contribution in [1.82, 2.24) is 0 Å². The highest BCUT2D eigenvalue weighted by atomic mass is 35.6. The van der Waals surface area contributed by atoms with E-state index in [0.717, 1.165) is 6.04 Å². The molecule has 3 heteroatoms. The molecule has 0 saturated carbocycles. The van der Waals surface area contributed by atoms with Crippen LogP contribution in [0.2, 0.25) is 19.1 Å². The molecule has 1 nitrogen and oxygen atoms in total. The summed E-state index contributed by atoms with van der Waals surface area (Å²) in [5.41, 5.74) is -0.0639. The first-order chi connectivity index (χ1) is 5.12. The zero-order valence-electron chi connectivity index (χ0n) is 9.07. The van der Waals surface area contributed by atoms with E-state index in [9.17, 15) is 0 Å². The van der Waals surface area contributed by atoms with Gasteiger partial charge in [-0.25, -0.2) is 0 Å². The molecule has 0 unspecified atom stereocenters. The van der Waals surface area contributed by atoms with Crippen molar-refractivity contribution in [2.45, 2.75) is 58.5 Å². The first-order valence-corrected chi connectivity index (χ1v) is 8.71. The summed E-state index contributed by atoms with van der Waals surface area (Å²) in [4.78, 5) is 0. The van der Waals surface area contributed by atoms with E-state index >= 15 is 0 Å². The van der Waals surface area contributed by atoms with Gasteiger partial charge in [0, 0.05) is 0 Å². The Morgan fingerprint density at radius 3 is 2.00 bits per heavy atom. The van der Waals surface area contributed by atoms with E-state index < -0.39 is 7.38 Å². The van der Waals surface area contributed by atoms with Crippen LogP contribution in [0.15, 0.2) is 0 Å². The molecule has 0 aromatic carbocycles. The highest BCUT2D eigenvalue weighted by Gasteiger charge is 2.30. The van der Waals surface area contributed by atoms with Gasteiger partial charge in [0.1, 0.15) is 0 Å². The van der Waals surface area contributed by atoms with Gasteiger partial charge >= 0.3 is 0 Å². The van der Waals surface area contributed by atoms with Crippen molar-refractivity contribution in [2.75, 3.05) is 0 Å². The number of ether oxygens (including phenoxy) is 1. The number of rotatable bonds is 4. The van der Waals surface area contributed by atoms with Gasteiger partial charge in [-0.15, -0.1) is 0 Å². The fourth-order valence-electron chi connectivity index (χ4n) is 1.69. The van der Waals surface area contributed by atoms with Crippen LogP contribution in [0, 0.1) is 0 Å². The van der Waals surface area contributed by atoms with Crippen LogP contribution >= 0.6 is 11.1 Å². The van der Waals surface area contributed by atoms with Gasteiger partial charge in [-0.2, -0.15) is 11.1 Å². The summed E-state index contributed by atoms with van der Waals surface area (Å²) in [6.45, 7) is 12.7. The van der Waals surface area contributed by atoms with Crippen LogP contribution in [-0.4, -0.2) is 19.1 Å². The smallest absolute Gasteiger partial charge is 0.153 e. The predicted octanol–water partition coefficient (Wildman–Crippen LogP) is 3.63. The van der Waals surface area contributed by atoms with Gasteiger partial charge in [0.25, 0.3) is 0 Å². The standard InChI is InChI=1S/C9H21ClOSi/c1-8(2)11-9(3,4)7-12(5,6)10/h8H,7H2,1-6H3. The van der Waals surface area contributed by atoms with Gasteiger partial charge in [-0.05, 0) is 33.7 Å². The monoisotopic (exact) mass is 208 g/mol. The second kappa shape index (κ2) is 4.12. The van der Waals surface area contributed by atoms with Crippen LogP contribution in [0.1, 0.15) is 27.7 Å². The van der Waals surface area contributed by atoms with E-state index in [2.05, 4.69) is 40.8 Å². The topological polar surface area (TPSA) is 9.23 Å². The molecule has 0 heterocycles. The summed E-state index contributed by atoms with van der Waals surface area (Å²) in [6, 6.07) is 1.000. The van der Waals surface area contributed by atoms with E-state index in [1.54, 1.807) is 0 Å². The molecule has 0 spiro atoms. The van der Waals surface area contributed by atoms with Gasteiger partial charge in [-0.3, -0.25) is 0 Å². The van der Waals surface area contributed by atoms with Crippen molar-refractivity contribution in [3.8, 4) is 0 Å². The summed E-state index contributed by atoms with van der Waals surface area (Å²) in [6.07, 6.45) is 0.285. The molecule has 0 atom stereocenters. The Kier molecular flexibility index (Phi) is 4.28. The van der Waals surface area contributed by atoms with Gasteiger partial charge in [-0.1, -0.05) is 13.1 Å². The maximum Gasteiger partial charge on any atom is 0.153 e. The van der Waals surface area contributed by atoms with Crippen molar-refractivity contribution in [2.24, 2.45) is 0 Å². The molecule has 0 rings (SSSR count). The predicted molar refractivity (Wildman–Crippen MR) is 58.4 cm³/mol. The molecule has 12 heavy (non-hydrogen) atoms. The molecule has 0 N–H and O–H groups in total. The molecule has 0 radical (unpaired) electrons. The zero-order valence-corrected chi connectivity index (χ0v) is 10.8. The van der Waals surface area contributed by atoms with Crippen LogP contribution < -0.4 is 0 Å². The Morgan fingerprint density at radius 1 is 1.33 bits per heavy atom. The molecular formula is C9H21ClOSi. The molecule has 0 amide bonds. The molecule has 0 fully saturated rings. The average molecular weight is 209 g/mol. The second-order valence-electron chi connectivity index (χ2n) is 4.82. The summed E-state index contributed by atoms with van der Waals surface area (Å²) in [7, 11) is -1.51. The quantitative estimate of drug-likeness (QED) is 0.507. The van der Waals surface area contributed by atoms with Crippen molar-refractivity contribution >= 4 is 18.5 Å². The van der Waals surface area contributed by atoms with E-state index in [1.807, 2.05) is 0 Å². The van der Waals surface area contributed by atoms with Crippen molar-refractivity contribution in [3.63, 3.8) is 0 Å². The first-order valence-electron chi connectivity index (χ1n) is 4.49. The highest BCUT2D eigenvalue weighted by Crippen LogP contribution is 2.27. The normalized spacial score (nSPS) is 14.0. The molecule has 0 aliphatic heterocycles. The summed E-state index contributed by atoms with van der Waals surface area (Å²) in [5, 5.41) is 0. The van der Waals surface area contributed by atoms with Crippen LogP contribution in [-0.2, 0) is 4.74 Å². The molecular weight excluding hydrogens is 188 g/mol. The van der Waals surface area contributed by atoms with Crippen LogP contribution in [0.5, 0.6) is 0 Å². The Labute approximate surface area is 82.2 Å². The summed E-state index contributed by atoms with van der Waals surface area (Å²) < 4.78 is 5.76. The van der Waals surface area contributed by atoms with Gasteiger partial charge < -0.3 is 4.74 Å². The third-order valence-corrected chi connectivity index (χ3v) is 3.49. The minimum atomic E-state index is -1.51. The van der Waals surface area contributed by atoms with E-state index in [0.29, 0.717) is 0 Å². The van der Waals surface area contributed by atoms with Gasteiger partial charge in [0.2, 0.25) is 0 Å². The lowest BCUT2D eigenvalue weighted by atomic mass is 10.2. The molecule has 0 saturated heterocycles. The molecule has 0 aromatic heterocycles. The Balaban J connectivity index is 4.04. The lowest BCUT2D eigenvalue weighted by molar-refractivity contribution is -0.0429. The fraction of sp³-hybridized carbons (Fsp3) is 1.00. The minimum absolute atomic E-state index is 0.0639. The Morgan fingerprint density at radius 2 is 1.75 bits per heavy atom. The summed E-state index contributed by atoms with van der Waals surface area (Å²) >= 11 is 6.26. The molecule has 74 valence electrons.